The molecule has 1 saturated carbocycles. The van der Waals surface area contributed by atoms with Crippen molar-refractivity contribution in [1.29, 1.82) is 0 Å². The molecule has 1 fully saturated rings. The van der Waals surface area contributed by atoms with Gasteiger partial charge in [-0.3, -0.25) is 4.90 Å². The first-order valence-corrected chi connectivity index (χ1v) is 7.37. The van der Waals surface area contributed by atoms with Crippen molar-refractivity contribution >= 4 is 0 Å². The highest BCUT2D eigenvalue weighted by molar-refractivity contribution is 4.77. The Morgan fingerprint density at radius 2 is 1.95 bits per heavy atom. The van der Waals surface area contributed by atoms with Crippen LogP contribution in [0.3, 0.4) is 0 Å². The Hall–Kier alpha value is -0.200. The van der Waals surface area contributed by atoms with Crippen LogP contribution in [-0.4, -0.2) is 73.9 Å². The highest BCUT2D eigenvalue weighted by Crippen LogP contribution is 2.22. The molecule has 0 heterocycles. The fourth-order valence-electron chi connectivity index (χ4n) is 2.68. The van der Waals surface area contributed by atoms with E-state index in [1.165, 1.54) is 32.1 Å². The molecule has 5 nitrogen and oxygen atoms in total. The van der Waals surface area contributed by atoms with E-state index in [0.29, 0.717) is 39.0 Å². The van der Waals surface area contributed by atoms with Gasteiger partial charge in [0.15, 0.2) is 0 Å². The molecule has 0 aromatic rings. The molecule has 5 heteroatoms. The molecule has 0 radical (unpaired) electrons. The summed E-state index contributed by atoms with van der Waals surface area (Å²) in [5.41, 5.74) is 0. The van der Waals surface area contributed by atoms with Gasteiger partial charge in [-0.05, 0) is 12.8 Å². The summed E-state index contributed by atoms with van der Waals surface area (Å²) in [6, 6.07) is 0.509. The van der Waals surface area contributed by atoms with E-state index in [4.69, 9.17) is 14.6 Å². The third kappa shape index (κ3) is 7.22. The molecule has 2 N–H and O–H groups in total. The average molecular weight is 275 g/mol. The topological polar surface area (TPSA) is 62.2 Å². The molecule has 1 atom stereocenters. The minimum Gasteiger partial charge on any atom is -0.395 e. The fourth-order valence-corrected chi connectivity index (χ4v) is 2.68. The summed E-state index contributed by atoms with van der Waals surface area (Å²) in [4.78, 5) is 2.21. The Kier molecular flexibility index (Phi) is 9.38. The zero-order valence-corrected chi connectivity index (χ0v) is 12.1. The summed E-state index contributed by atoms with van der Waals surface area (Å²) >= 11 is 0. The van der Waals surface area contributed by atoms with Gasteiger partial charge in [-0.1, -0.05) is 19.3 Å². The molecule has 1 unspecified atom stereocenters. The molecule has 0 aliphatic heterocycles. The van der Waals surface area contributed by atoms with E-state index in [1.54, 1.807) is 7.11 Å². The molecule has 0 amide bonds. The van der Waals surface area contributed by atoms with Crippen LogP contribution in [0.4, 0.5) is 0 Å². The number of hydrogen-bond acceptors (Lipinski definition) is 5. The summed E-state index contributed by atoms with van der Waals surface area (Å²) in [5.74, 6) is 0. The Bertz CT molecular complexity index is 210. The molecule has 0 aromatic heterocycles. The van der Waals surface area contributed by atoms with Crippen molar-refractivity contribution < 1.29 is 19.7 Å². The first-order valence-electron chi connectivity index (χ1n) is 7.37. The number of ether oxygens (including phenoxy) is 2. The van der Waals surface area contributed by atoms with Crippen LogP contribution in [0.15, 0.2) is 0 Å². The molecule has 1 aliphatic rings. The second-order valence-corrected chi connectivity index (χ2v) is 5.23. The Balaban J connectivity index is 2.26. The highest BCUT2D eigenvalue weighted by atomic mass is 16.5. The maximum Gasteiger partial charge on any atom is 0.0900 e. The molecule has 114 valence electrons. The fraction of sp³-hybridized carbons (Fsp3) is 1.00. The SMILES string of the molecule is COCCOCC(O)CN(CCO)C1CCCCC1. The number of hydrogen-bond donors (Lipinski definition) is 2. The van der Waals surface area contributed by atoms with Crippen LogP contribution < -0.4 is 0 Å². The van der Waals surface area contributed by atoms with Crippen LogP contribution in [0.25, 0.3) is 0 Å². The normalized spacial score (nSPS) is 18.9. The predicted octanol–water partition coefficient (Wildman–Crippen LogP) is 0.637. The quantitative estimate of drug-likeness (QED) is 0.573. The van der Waals surface area contributed by atoms with Crippen molar-refractivity contribution in [2.75, 3.05) is 46.6 Å². The number of aliphatic hydroxyl groups is 2. The van der Waals surface area contributed by atoms with Gasteiger partial charge in [0.25, 0.3) is 0 Å². The van der Waals surface area contributed by atoms with Gasteiger partial charge in [-0.15, -0.1) is 0 Å². The monoisotopic (exact) mass is 275 g/mol. The maximum absolute atomic E-state index is 9.99. The molecule has 0 spiro atoms. The van der Waals surface area contributed by atoms with E-state index >= 15 is 0 Å². The second-order valence-electron chi connectivity index (χ2n) is 5.23. The van der Waals surface area contributed by atoms with Gasteiger partial charge in [0.2, 0.25) is 0 Å². The predicted molar refractivity (Wildman–Crippen MR) is 74.2 cm³/mol. The van der Waals surface area contributed by atoms with Gasteiger partial charge in [-0.2, -0.15) is 0 Å². The van der Waals surface area contributed by atoms with E-state index in [0.717, 1.165) is 0 Å². The Labute approximate surface area is 116 Å². The molecule has 1 rings (SSSR count). The minimum absolute atomic E-state index is 0.147. The van der Waals surface area contributed by atoms with Crippen molar-refractivity contribution in [3.63, 3.8) is 0 Å². The van der Waals surface area contributed by atoms with E-state index in [9.17, 15) is 5.11 Å². The number of methoxy groups -OCH3 is 1. The van der Waals surface area contributed by atoms with Gasteiger partial charge in [0, 0.05) is 26.2 Å². The van der Waals surface area contributed by atoms with E-state index in [1.807, 2.05) is 0 Å². The summed E-state index contributed by atoms with van der Waals surface area (Å²) in [7, 11) is 1.63. The third-order valence-electron chi connectivity index (χ3n) is 3.67. The molecule has 0 bridgehead atoms. The van der Waals surface area contributed by atoms with E-state index in [2.05, 4.69) is 4.90 Å². The first-order chi connectivity index (χ1) is 9.27. The number of aliphatic hydroxyl groups excluding tert-OH is 2. The largest absolute Gasteiger partial charge is 0.395 e. The summed E-state index contributed by atoms with van der Waals surface area (Å²) in [5, 5.41) is 19.1. The van der Waals surface area contributed by atoms with Crippen LogP contribution in [0.1, 0.15) is 32.1 Å². The van der Waals surface area contributed by atoms with Crippen molar-refractivity contribution in [2.24, 2.45) is 0 Å². The standard InChI is InChI=1S/C14H29NO4/c1-18-9-10-19-12-14(17)11-15(7-8-16)13-5-3-2-4-6-13/h13-14,16-17H,2-12H2,1H3. The van der Waals surface area contributed by atoms with Crippen LogP contribution in [0.5, 0.6) is 0 Å². The van der Waals surface area contributed by atoms with Gasteiger partial charge in [0.05, 0.1) is 32.5 Å². The van der Waals surface area contributed by atoms with Gasteiger partial charge in [-0.25, -0.2) is 0 Å². The lowest BCUT2D eigenvalue weighted by Gasteiger charge is -2.35. The first kappa shape index (κ1) is 16.9. The van der Waals surface area contributed by atoms with Crippen molar-refractivity contribution in [2.45, 2.75) is 44.2 Å². The number of nitrogens with zero attached hydrogens (tertiary/aromatic N) is 1. The van der Waals surface area contributed by atoms with Gasteiger partial charge in [0.1, 0.15) is 0 Å². The molecule has 19 heavy (non-hydrogen) atoms. The summed E-state index contributed by atoms with van der Waals surface area (Å²) < 4.78 is 10.2. The lowest BCUT2D eigenvalue weighted by Crippen LogP contribution is -2.44. The van der Waals surface area contributed by atoms with Gasteiger partial charge < -0.3 is 19.7 Å². The Morgan fingerprint density at radius 1 is 1.21 bits per heavy atom. The third-order valence-corrected chi connectivity index (χ3v) is 3.67. The highest BCUT2D eigenvalue weighted by Gasteiger charge is 2.22. The van der Waals surface area contributed by atoms with E-state index < -0.39 is 6.10 Å². The summed E-state index contributed by atoms with van der Waals surface area (Å²) in [6.45, 7) is 2.76. The Morgan fingerprint density at radius 3 is 2.58 bits per heavy atom. The van der Waals surface area contributed by atoms with Crippen molar-refractivity contribution in [3.05, 3.63) is 0 Å². The van der Waals surface area contributed by atoms with Crippen molar-refractivity contribution in [3.8, 4) is 0 Å². The van der Waals surface area contributed by atoms with Crippen molar-refractivity contribution in [1.82, 2.24) is 4.90 Å². The summed E-state index contributed by atoms with van der Waals surface area (Å²) in [6.07, 6.45) is 5.69. The van der Waals surface area contributed by atoms with Crippen LogP contribution in [0, 0.1) is 0 Å². The van der Waals surface area contributed by atoms with Crippen LogP contribution >= 0.6 is 0 Å². The molecule has 1 aliphatic carbocycles. The smallest absolute Gasteiger partial charge is 0.0900 e. The molecular formula is C14H29NO4. The molecule has 0 saturated heterocycles. The zero-order chi connectivity index (χ0) is 13.9. The zero-order valence-electron chi connectivity index (χ0n) is 12.1. The molecular weight excluding hydrogens is 246 g/mol. The van der Waals surface area contributed by atoms with Crippen LogP contribution in [-0.2, 0) is 9.47 Å². The van der Waals surface area contributed by atoms with Crippen LogP contribution in [0.2, 0.25) is 0 Å². The molecule has 0 aromatic carbocycles. The lowest BCUT2D eigenvalue weighted by molar-refractivity contribution is -0.0117. The second kappa shape index (κ2) is 10.6. The minimum atomic E-state index is -0.495. The average Bonchev–Trinajstić information content (AvgIpc) is 2.44. The van der Waals surface area contributed by atoms with Gasteiger partial charge >= 0.3 is 0 Å². The maximum atomic E-state index is 9.99. The lowest BCUT2D eigenvalue weighted by atomic mass is 9.94. The number of rotatable bonds is 10. The van der Waals surface area contributed by atoms with E-state index in [-0.39, 0.29) is 6.61 Å².